The number of nitrogens with one attached hydrogen (secondary N) is 1. The Kier molecular flexibility index (Phi) is 3.75. The Morgan fingerprint density at radius 1 is 1.11 bits per heavy atom. The zero-order valence-corrected chi connectivity index (χ0v) is 9.99. The second kappa shape index (κ2) is 5.48. The van der Waals surface area contributed by atoms with Crippen LogP contribution in [0.2, 0.25) is 0 Å². The first-order valence-electron chi connectivity index (χ1n) is 5.64. The van der Waals surface area contributed by atoms with Crippen molar-refractivity contribution in [3.05, 3.63) is 65.2 Å². The molecule has 1 amide bonds. The second-order valence-electron chi connectivity index (χ2n) is 4.04. The predicted octanol–water partition coefficient (Wildman–Crippen LogP) is 2.48. The highest BCUT2D eigenvalue weighted by atomic mass is 19.1. The van der Waals surface area contributed by atoms with Gasteiger partial charge in [-0.15, -0.1) is 0 Å². The molecule has 0 bridgehead atoms. The van der Waals surface area contributed by atoms with Crippen molar-refractivity contribution in [2.75, 3.05) is 5.73 Å². The first-order chi connectivity index (χ1) is 9.06. The van der Waals surface area contributed by atoms with Crippen molar-refractivity contribution >= 4 is 11.6 Å². The first kappa shape index (κ1) is 13.0. The van der Waals surface area contributed by atoms with Crippen molar-refractivity contribution in [3.63, 3.8) is 0 Å². The summed E-state index contributed by atoms with van der Waals surface area (Å²) in [4.78, 5) is 11.8. The van der Waals surface area contributed by atoms with Gasteiger partial charge in [0.05, 0.1) is 0 Å². The number of carbonyl (C=O) groups is 1. The topological polar surface area (TPSA) is 55.1 Å². The zero-order valence-electron chi connectivity index (χ0n) is 9.99. The molecule has 2 aromatic rings. The van der Waals surface area contributed by atoms with Gasteiger partial charge in [-0.2, -0.15) is 0 Å². The summed E-state index contributed by atoms with van der Waals surface area (Å²) < 4.78 is 26.1. The van der Waals surface area contributed by atoms with Gasteiger partial charge in [0, 0.05) is 29.4 Å². The predicted molar refractivity (Wildman–Crippen MR) is 68.4 cm³/mol. The van der Waals surface area contributed by atoms with Gasteiger partial charge < -0.3 is 11.1 Å². The Morgan fingerprint density at radius 2 is 1.79 bits per heavy atom. The standard InChI is InChI=1S/C14H12F2N2O/c15-11-4-1-10(13(16)7-11)8-18-14(19)9-2-5-12(17)6-3-9/h1-7H,8,17H2,(H,18,19). The molecule has 5 heteroatoms. The molecule has 19 heavy (non-hydrogen) atoms. The lowest BCUT2D eigenvalue weighted by atomic mass is 10.1. The molecule has 2 rings (SSSR count). The third-order valence-electron chi connectivity index (χ3n) is 2.63. The molecule has 0 spiro atoms. The van der Waals surface area contributed by atoms with Crippen LogP contribution in [0.5, 0.6) is 0 Å². The highest BCUT2D eigenvalue weighted by Crippen LogP contribution is 2.10. The van der Waals surface area contributed by atoms with Gasteiger partial charge in [0.2, 0.25) is 0 Å². The van der Waals surface area contributed by atoms with Crippen LogP contribution in [-0.4, -0.2) is 5.91 Å². The van der Waals surface area contributed by atoms with Crippen LogP contribution in [-0.2, 0) is 6.54 Å². The van der Waals surface area contributed by atoms with E-state index in [0.717, 1.165) is 12.1 Å². The lowest BCUT2D eigenvalue weighted by molar-refractivity contribution is 0.0950. The third-order valence-corrected chi connectivity index (χ3v) is 2.63. The summed E-state index contributed by atoms with van der Waals surface area (Å²) in [7, 11) is 0. The zero-order chi connectivity index (χ0) is 13.8. The van der Waals surface area contributed by atoms with Crippen LogP contribution < -0.4 is 11.1 Å². The van der Waals surface area contributed by atoms with Crippen LogP contribution >= 0.6 is 0 Å². The molecule has 0 aliphatic rings. The fourth-order valence-electron chi connectivity index (χ4n) is 1.58. The molecule has 0 saturated heterocycles. The molecule has 3 nitrogen and oxygen atoms in total. The number of benzene rings is 2. The van der Waals surface area contributed by atoms with E-state index in [1.807, 2.05) is 0 Å². The summed E-state index contributed by atoms with van der Waals surface area (Å²) in [5.74, 6) is -1.67. The maximum atomic E-state index is 13.3. The van der Waals surface area contributed by atoms with Crippen LogP contribution in [0.15, 0.2) is 42.5 Å². The fourth-order valence-corrected chi connectivity index (χ4v) is 1.58. The SMILES string of the molecule is Nc1ccc(C(=O)NCc2ccc(F)cc2F)cc1. The first-order valence-corrected chi connectivity index (χ1v) is 5.64. The monoisotopic (exact) mass is 262 g/mol. The maximum Gasteiger partial charge on any atom is 0.251 e. The minimum atomic E-state index is -0.683. The van der Waals surface area contributed by atoms with Gasteiger partial charge in [-0.3, -0.25) is 4.79 Å². The molecule has 0 heterocycles. The van der Waals surface area contributed by atoms with Gasteiger partial charge in [0.25, 0.3) is 5.91 Å². The van der Waals surface area contributed by atoms with E-state index >= 15 is 0 Å². The molecular weight excluding hydrogens is 250 g/mol. The minimum Gasteiger partial charge on any atom is -0.399 e. The Bertz CT molecular complexity index is 597. The van der Waals surface area contributed by atoms with Crippen molar-refractivity contribution in [3.8, 4) is 0 Å². The van der Waals surface area contributed by atoms with E-state index in [9.17, 15) is 13.6 Å². The smallest absolute Gasteiger partial charge is 0.251 e. The van der Waals surface area contributed by atoms with Crippen molar-refractivity contribution < 1.29 is 13.6 Å². The molecule has 0 unspecified atom stereocenters. The number of hydrogen-bond acceptors (Lipinski definition) is 2. The fraction of sp³-hybridized carbons (Fsp3) is 0.0714. The summed E-state index contributed by atoms with van der Waals surface area (Å²) in [6.07, 6.45) is 0. The normalized spacial score (nSPS) is 10.2. The molecule has 0 radical (unpaired) electrons. The number of carbonyl (C=O) groups excluding carboxylic acids is 1. The quantitative estimate of drug-likeness (QED) is 0.835. The third kappa shape index (κ3) is 3.28. The molecule has 0 atom stereocenters. The van der Waals surface area contributed by atoms with E-state index in [1.54, 1.807) is 24.3 Å². The van der Waals surface area contributed by atoms with Crippen LogP contribution in [0.25, 0.3) is 0 Å². The van der Waals surface area contributed by atoms with E-state index in [4.69, 9.17) is 5.73 Å². The average molecular weight is 262 g/mol. The van der Waals surface area contributed by atoms with E-state index < -0.39 is 11.6 Å². The Morgan fingerprint density at radius 3 is 2.42 bits per heavy atom. The van der Waals surface area contributed by atoms with Crippen LogP contribution in [0.3, 0.4) is 0 Å². The average Bonchev–Trinajstić information content (AvgIpc) is 2.38. The Balaban J connectivity index is 2.02. The number of anilines is 1. The van der Waals surface area contributed by atoms with Gasteiger partial charge in [-0.05, 0) is 30.3 Å². The van der Waals surface area contributed by atoms with Crippen LogP contribution in [0, 0.1) is 11.6 Å². The lowest BCUT2D eigenvalue weighted by Gasteiger charge is -2.06. The van der Waals surface area contributed by atoms with Gasteiger partial charge in [-0.25, -0.2) is 8.78 Å². The van der Waals surface area contributed by atoms with Crippen LogP contribution in [0.4, 0.5) is 14.5 Å². The molecule has 0 aromatic heterocycles. The van der Waals surface area contributed by atoms with Crippen molar-refractivity contribution in [1.82, 2.24) is 5.32 Å². The van der Waals surface area contributed by atoms with Gasteiger partial charge >= 0.3 is 0 Å². The number of amides is 1. The summed E-state index contributed by atoms with van der Waals surface area (Å²) in [5.41, 5.74) is 6.72. The van der Waals surface area contributed by atoms with Crippen molar-refractivity contribution in [2.24, 2.45) is 0 Å². The highest BCUT2D eigenvalue weighted by Gasteiger charge is 2.07. The number of halogens is 2. The van der Waals surface area contributed by atoms with E-state index in [-0.39, 0.29) is 18.0 Å². The summed E-state index contributed by atoms with van der Waals surface area (Å²) in [5, 5.41) is 2.55. The van der Waals surface area contributed by atoms with Gasteiger partial charge in [0.15, 0.2) is 0 Å². The molecule has 3 N–H and O–H groups in total. The van der Waals surface area contributed by atoms with Crippen LogP contribution in [0.1, 0.15) is 15.9 Å². The van der Waals surface area contributed by atoms with Crippen molar-refractivity contribution in [1.29, 1.82) is 0 Å². The Labute approximate surface area is 109 Å². The number of nitrogens with two attached hydrogens (primary N) is 1. The lowest BCUT2D eigenvalue weighted by Crippen LogP contribution is -2.23. The number of nitrogen functional groups attached to an aromatic ring is 1. The number of hydrogen-bond donors (Lipinski definition) is 2. The molecule has 0 aliphatic heterocycles. The molecule has 2 aromatic carbocycles. The van der Waals surface area contributed by atoms with Gasteiger partial charge in [0.1, 0.15) is 11.6 Å². The molecule has 0 fully saturated rings. The van der Waals surface area contributed by atoms with Gasteiger partial charge in [-0.1, -0.05) is 6.07 Å². The molecule has 98 valence electrons. The Hall–Kier alpha value is -2.43. The minimum absolute atomic E-state index is 0.00464. The molecule has 0 aliphatic carbocycles. The summed E-state index contributed by atoms with van der Waals surface area (Å²) >= 11 is 0. The van der Waals surface area contributed by atoms with E-state index in [0.29, 0.717) is 11.3 Å². The maximum absolute atomic E-state index is 13.3. The van der Waals surface area contributed by atoms with E-state index in [1.165, 1.54) is 6.07 Å². The van der Waals surface area contributed by atoms with Crippen molar-refractivity contribution in [2.45, 2.75) is 6.54 Å². The molecular formula is C14H12F2N2O. The number of rotatable bonds is 3. The molecule has 0 saturated carbocycles. The van der Waals surface area contributed by atoms with E-state index in [2.05, 4.69) is 5.32 Å². The second-order valence-corrected chi connectivity index (χ2v) is 4.04. The summed E-state index contributed by atoms with van der Waals surface area (Å²) in [6, 6.07) is 9.59. The largest absolute Gasteiger partial charge is 0.399 e. The summed E-state index contributed by atoms with van der Waals surface area (Å²) in [6.45, 7) is -0.00464. The highest BCUT2D eigenvalue weighted by molar-refractivity contribution is 5.94.